The van der Waals surface area contributed by atoms with Crippen LogP contribution in [0.25, 0.3) is 0 Å². The van der Waals surface area contributed by atoms with Crippen LogP contribution in [0.4, 0.5) is 11.4 Å². The zero-order chi connectivity index (χ0) is 16.8. The van der Waals surface area contributed by atoms with Crippen LogP contribution >= 0.6 is 0 Å². The zero-order valence-electron chi connectivity index (χ0n) is 14.0. The van der Waals surface area contributed by atoms with Crippen molar-refractivity contribution in [2.24, 2.45) is 20.7 Å². The summed E-state index contributed by atoms with van der Waals surface area (Å²) in [7, 11) is 0. The molecule has 0 N–H and O–H groups in total. The summed E-state index contributed by atoms with van der Waals surface area (Å²) in [4.78, 5) is 0. The van der Waals surface area contributed by atoms with Gasteiger partial charge in [0.2, 0.25) is 0 Å². The Kier molecular flexibility index (Phi) is 5.15. The highest BCUT2D eigenvalue weighted by Gasteiger charge is 2.28. The molecule has 0 saturated carbocycles. The van der Waals surface area contributed by atoms with Crippen LogP contribution < -0.4 is 0 Å². The third kappa shape index (κ3) is 4.16. The summed E-state index contributed by atoms with van der Waals surface area (Å²) in [5.74, 6) is 0. The number of hydrogen-bond donors (Lipinski definition) is 0. The Bertz CT molecular complexity index is 624. The summed E-state index contributed by atoms with van der Waals surface area (Å²) in [6, 6.07) is 20.0. The van der Waals surface area contributed by atoms with Crippen LogP contribution in [-0.2, 0) is 0 Å². The van der Waals surface area contributed by atoms with Crippen LogP contribution in [0.2, 0.25) is 0 Å². The summed E-state index contributed by atoms with van der Waals surface area (Å²) in [5, 5.41) is 21.5. The van der Waals surface area contributed by atoms with E-state index in [1.54, 1.807) is 0 Å². The highest BCUT2D eigenvalue weighted by molar-refractivity contribution is 5.35. The molecule has 0 aliphatic carbocycles. The molecule has 1 heterocycles. The van der Waals surface area contributed by atoms with Crippen LogP contribution in [0.15, 0.2) is 81.3 Å². The van der Waals surface area contributed by atoms with Crippen molar-refractivity contribution >= 4 is 11.4 Å². The smallest absolute Gasteiger partial charge is 0.0874 e. The quantitative estimate of drug-likeness (QED) is 0.761. The van der Waals surface area contributed by atoms with Crippen molar-refractivity contribution in [2.45, 2.75) is 25.9 Å². The Balaban J connectivity index is 1.62. The van der Waals surface area contributed by atoms with E-state index in [0.29, 0.717) is 0 Å². The van der Waals surface area contributed by atoms with Crippen molar-refractivity contribution in [1.29, 1.82) is 0 Å². The summed E-state index contributed by atoms with van der Waals surface area (Å²) in [5.41, 5.74) is 1.73. The van der Waals surface area contributed by atoms with E-state index in [-0.39, 0.29) is 12.1 Å². The molecular weight excluding hydrogens is 300 g/mol. The molecule has 3 rings (SSSR count). The predicted molar refractivity (Wildman–Crippen MR) is 94.3 cm³/mol. The Morgan fingerprint density at radius 3 is 1.42 bits per heavy atom. The molecule has 2 aromatic carbocycles. The second-order valence-electron chi connectivity index (χ2n) is 5.99. The van der Waals surface area contributed by atoms with E-state index in [0.717, 1.165) is 24.5 Å². The van der Waals surface area contributed by atoms with Crippen molar-refractivity contribution in [3.63, 3.8) is 0 Å². The third-order valence-corrected chi connectivity index (χ3v) is 3.98. The minimum absolute atomic E-state index is 0.225. The molecule has 0 bridgehead atoms. The number of nitrogens with zero attached hydrogens (tertiary/aromatic N) is 6. The first kappa shape index (κ1) is 16.1. The number of benzene rings is 2. The van der Waals surface area contributed by atoms with Crippen molar-refractivity contribution in [3.05, 3.63) is 60.7 Å². The zero-order valence-corrected chi connectivity index (χ0v) is 14.0. The second-order valence-corrected chi connectivity index (χ2v) is 5.99. The van der Waals surface area contributed by atoms with Gasteiger partial charge in [-0.3, -0.25) is 10.0 Å². The Morgan fingerprint density at radius 2 is 1.04 bits per heavy atom. The standard InChI is InChI=1S/C18H22N6/c1-15-13-24(22-20-18-11-7-4-8-12-18)16(2)14-23(15)21-19-17-9-5-3-6-10-17/h3-12,15-16H,13-14H2,1-2H3/t15-,16+. The first-order valence-corrected chi connectivity index (χ1v) is 8.19. The van der Waals surface area contributed by atoms with Gasteiger partial charge in [0, 0.05) is 0 Å². The van der Waals surface area contributed by atoms with Gasteiger partial charge in [0.15, 0.2) is 0 Å². The van der Waals surface area contributed by atoms with Gasteiger partial charge in [-0.25, -0.2) is 0 Å². The van der Waals surface area contributed by atoms with Crippen molar-refractivity contribution in [3.8, 4) is 0 Å². The van der Waals surface area contributed by atoms with E-state index in [9.17, 15) is 0 Å². The lowest BCUT2D eigenvalue weighted by molar-refractivity contribution is 0.0360. The molecule has 0 aromatic heterocycles. The Labute approximate surface area is 142 Å². The Morgan fingerprint density at radius 1 is 0.667 bits per heavy atom. The minimum atomic E-state index is 0.225. The first-order chi connectivity index (χ1) is 11.7. The summed E-state index contributed by atoms with van der Waals surface area (Å²) in [6.45, 7) is 5.79. The average Bonchev–Trinajstić information content (AvgIpc) is 2.62. The summed E-state index contributed by atoms with van der Waals surface area (Å²) in [6.07, 6.45) is 0. The van der Waals surface area contributed by atoms with Gasteiger partial charge in [0.1, 0.15) is 0 Å². The van der Waals surface area contributed by atoms with E-state index < -0.39 is 0 Å². The lowest BCUT2D eigenvalue weighted by Crippen LogP contribution is -2.52. The van der Waals surface area contributed by atoms with Gasteiger partial charge in [-0.2, -0.15) is 0 Å². The second kappa shape index (κ2) is 7.68. The maximum absolute atomic E-state index is 4.40. The lowest BCUT2D eigenvalue weighted by atomic mass is 10.2. The molecule has 1 aliphatic rings. The molecule has 2 atom stereocenters. The minimum Gasteiger partial charge on any atom is -0.272 e. The van der Waals surface area contributed by atoms with Gasteiger partial charge < -0.3 is 0 Å². The fourth-order valence-electron chi connectivity index (χ4n) is 2.55. The fourth-order valence-corrected chi connectivity index (χ4v) is 2.55. The highest BCUT2D eigenvalue weighted by Crippen LogP contribution is 2.20. The van der Waals surface area contributed by atoms with Crippen molar-refractivity contribution in [2.75, 3.05) is 13.1 Å². The molecule has 0 amide bonds. The topological polar surface area (TPSA) is 55.9 Å². The van der Waals surface area contributed by atoms with Gasteiger partial charge in [-0.15, -0.1) is 10.2 Å². The van der Waals surface area contributed by atoms with Gasteiger partial charge >= 0.3 is 0 Å². The van der Waals surface area contributed by atoms with Gasteiger partial charge in [0.25, 0.3) is 0 Å². The molecule has 1 saturated heterocycles. The normalized spacial score (nSPS) is 21.8. The van der Waals surface area contributed by atoms with Crippen molar-refractivity contribution < 1.29 is 0 Å². The fraction of sp³-hybridized carbons (Fsp3) is 0.333. The van der Waals surface area contributed by atoms with Crippen LogP contribution in [0.5, 0.6) is 0 Å². The van der Waals surface area contributed by atoms with E-state index >= 15 is 0 Å². The molecule has 2 aromatic rings. The molecule has 124 valence electrons. The molecule has 6 nitrogen and oxygen atoms in total. The van der Waals surface area contributed by atoms with E-state index in [1.165, 1.54) is 0 Å². The van der Waals surface area contributed by atoms with Gasteiger partial charge in [0.05, 0.1) is 36.5 Å². The van der Waals surface area contributed by atoms with Crippen LogP contribution in [-0.4, -0.2) is 35.2 Å². The van der Waals surface area contributed by atoms with E-state index in [1.807, 2.05) is 70.7 Å². The van der Waals surface area contributed by atoms with Crippen LogP contribution in [0.3, 0.4) is 0 Å². The first-order valence-electron chi connectivity index (χ1n) is 8.19. The maximum atomic E-state index is 4.40. The number of piperazine rings is 1. The monoisotopic (exact) mass is 322 g/mol. The van der Waals surface area contributed by atoms with E-state index in [4.69, 9.17) is 0 Å². The average molecular weight is 322 g/mol. The molecule has 1 fully saturated rings. The van der Waals surface area contributed by atoms with Gasteiger partial charge in [-0.05, 0) is 38.1 Å². The number of hydrogen-bond acceptors (Lipinski definition) is 4. The molecule has 6 heteroatoms. The third-order valence-electron chi connectivity index (χ3n) is 3.98. The maximum Gasteiger partial charge on any atom is 0.0874 e. The van der Waals surface area contributed by atoms with Crippen LogP contribution in [0.1, 0.15) is 13.8 Å². The number of rotatable bonds is 4. The van der Waals surface area contributed by atoms with Crippen molar-refractivity contribution in [1.82, 2.24) is 10.0 Å². The molecule has 0 unspecified atom stereocenters. The summed E-state index contributed by atoms with van der Waals surface area (Å²) >= 11 is 0. The highest BCUT2D eigenvalue weighted by atomic mass is 15.6. The largest absolute Gasteiger partial charge is 0.272 e. The van der Waals surface area contributed by atoms with Crippen LogP contribution in [0, 0.1) is 0 Å². The van der Waals surface area contributed by atoms with Gasteiger partial charge in [-0.1, -0.05) is 46.8 Å². The SMILES string of the molecule is C[C@@H]1CN(N=Nc2ccccc2)[C@@H](C)CN1N=Nc1ccccc1. The lowest BCUT2D eigenvalue weighted by Gasteiger charge is -2.39. The molecule has 0 spiro atoms. The van der Waals surface area contributed by atoms with E-state index in [2.05, 4.69) is 34.5 Å². The predicted octanol–water partition coefficient (Wildman–Crippen LogP) is 4.78. The molecular formula is C18H22N6. The Hall–Kier alpha value is -2.76. The molecule has 24 heavy (non-hydrogen) atoms. The molecule has 0 radical (unpaired) electrons. The summed E-state index contributed by atoms with van der Waals surface area (Å²) < 4.78 is 0. The molecule has 1 aliphatic heterocycles.